The molecule has 5 nitrogen and oxygen atoms in total. The van der Waals surface area contributed by atoms with Crippen molar-refractivity contribution in [2.24, 2.45) is 10.9 Å². The molecule has 0 aliphatic heterocycles. The lowest BCUT2D eigenvalue weighted by atomic mass is 9.64. The van der Waals surface area contributed by atoms with Gasteiger partial charge in [0.2, 0.25) is 5.91 Å². The summed E-state index contributed by atoms with van der Waals surface area (Å²) in [6.07, 6.45) is 5.72. The number of guanidine groups is 1. The number of benzene rings is 1. The van der Waals surface area contributed by atoms with Crippen molar-refractivity contribution in [3.8, 4) is 0 Å². The number of hydrogen-bond donors (Lipinski definition) is 3. The van der Waals surface area contributed by atoms with E-state index in [0.29, 0.717) is 13.1 Å². The van der Waals surface area contributed by atoms with Crippen LogP contribution in [0.1, 0.15) is 44.6 Å². The molecule has 1 aromatic rings. The van der Waals surface area contributed by atoms with E-state index in [-0.39, 0.29) is 17.2 Å². The summed E-state index contributed by atoms with van der Waals surface area (Å²) in [4.78, 5) is 16.5. The van der Waals surface area contributed by atoms with Crippen molar-refractivity contribution < 1.29 is 4.79 Å². The van der Waals surface area contributed by atoms with Gasteiger partial charge in [-0.1, -0.05) is 34.5 Å². The maximum absolute atomic E-state index is 11.7. The fourth-order valence-corrected chi connectivity index (χ4v) is 3.79. The van der Waals surface area contributed by atoms with Gasteiger partial charge in [0.1, 0.15) is 0 Å². The molecule has 0 atom stereocenters. The Morgan fingerprint density at radius 3 is 2.62 bits per heavy atom. The summed E-state index contributed by atoms with van der Waals surface area (Å²) in [6, 6.07) is 8.62. The van der Waals surface area contributed by atoms with E-state index < -0.39 is 0 Å². The van der Waals surface area contributed by atoms with Crippen LogP contribution in [0.15, 0.2) is 33.7 Å². The predicted octanol–water partition coefficient (Wildman–Crippen LogP) is 2.95. The summed E-state index contributed by atoms with van der Waals surface area (Å²) < 4.78 is 1.13. The summed E-state index contributed by atoms with van der Waals surface area (Å²) in [5.74, 6) is 1.28. The second kappa shape index (κ2) is 8.89. The van der Waals surface area contributed by atoms with Crippen molar-refractivity contribution in [3.05, 3.63) is 34.3 Å². The van der Waals surface area contributed by atoms with Crippen LogP contribution >= 0.6 is 15.9 Å². The lowest BCUT2D eigenvalue weighted by molar-refractivity contribution is -0.122. The molecule has 2 aliphatic carbocycles. The Morgan fingerprint density at radius 1 is 1.23 bits per heavy atom. The van der Waals surface area contributed by atoms with Gasteiger partial charge in [-0.25, -0.2) is 0 Å². The average molecular weight is 421 g/mol. The summed E-state index contributed by atoms with van der Waals surface area (Å²) in [5.41, 5.74) is 1.53. The zero-order valence-electron chi connectivity index (χ0n) is 15.5. The molecule has 0 bridgehead atoms. The molecule has 1 amide bonds. The van der Waals surface area contributed by atoms with Crippen LogP contribution in [0.4, 0.5) is 0 Å². The quantitative estimate of drug-likeness (QED) is 0.344. The van der Waals surface area contributed by atoms with Crippen LogP contribution in [-0.4, -0.2) is 38.0 Å². The molecule has 2 aliphatic rings. The molecular weight excluding hydrogens is 392 g/mol. The standard InChI is InChI=1S/C20H29BrN4O/c1-2-22-19(24-12-11-23-18(26)15-7-8-15)25-14-20(9-4-10-20)16-5-3-6-17(21)13-16/h3,5-6,13,15H,2,4,7-12,14H2,1H3,(H,23,26)(H2,22,24,25). The maximum atomic E-state index is 11.7. The largest absolute Gasteiger partial charge is 0.357 e. The van der Waals surface area contributed by atoms with Crippen molar-refractivity contribution in [1.82, 2.24) is 16.0 Å². The molecule has 0 saturated heterocycles. The van der Waals surface area contributed by atoms with Crippen molar-refractivity contribution in [3.63, 3.8) is 0 Å². The van der Waals surface area contributed by atoms with Crippen molar-refractivity contribution in [2.45, 2.75) is 44.4 Å². The first kappa shape index (κ1) is 19.2. The van der Waals surface area contributed by atoms with E-state index in [2.05, 4.69) is 63.1 Å². The number of nitrogens with one attached hydrogen (secondary N) is 3. The van der Waals surface area contributed by atoms with Gasteiger partial charge >= 0.3 is 0 Å². The predicted molar refractivity (Wildman–Crippen MR) is 109 cm³/mol. The van der Waals surface area contributed by atoms with Crippen LogP contribution in [0, 0.1) is 5.92 Å². The minimum absolute atomic E-state index is 0.159. The molecule has 3 N–H and O–H groups in total. The van der Waals surface area contributed by atoms with Crippen LogP contribution in [0.5, 0.6) is 0 Å². The average Bonchev–Trinajstić information content (AvgIpc) is 3.42. The van der Waals surface area contributed by atoms with E-state index in [9.17, 15) is 4.79 Å². The number of halogens is 1. The Hall–Kier alpha value is -1.56. The minimum Gasteiger partial charge on any atom is -0.357 e. The first-order valence-electron chi connectivity index (χ1n) is 9.69. The van der Waals surface area contributed by atoms with E-state index in [1.54, 1.807) is 0 Å². The van der Waals surface area contributed by atoms with Crippen LogP contribution in [-0.2, 0) is 10.2 Å². The third-order valence-corrected chi connectivity index (χ3v) is 5.79. The van der Waals surface area contributed by atoms with E-state index in [4.69, 9.17) is 4.99 Å². The van der Waals surface area contributed by atoms with Crippen LogP contribution in [0.2, 0.25) is 0 Å². The van der Waals surface area contributed by atoms with Gasteiger partial charge in [0.25, 0.3) is 0 Å². The van der Waals surface area contributed by atoms with Gasteiger partial charge in [0.05, 0.1) is 6.54 Å². The molecule has 2 fully saturated rings. The SMILES string of the molecule is CCNC(=NCC1(c2cccc(Br)c2)CCC1)NCCNC(=O)C1CC1. The van der Waals surface area contributed by atoms with E-state index >= 15 is 0 Å². The molecule has 0 spiro atoms. The Bertz CT molecular complexity index is 653. The summed E-state index contributed by atoms with van der Waals surface area (Å²) in [7, 11) is 0. The molecule has 0 unspecified atom stereocenters. The number of rotatable bonds is 8. The zero-order chi connectivity index (χ0) is 18.4. The van der Waals surface area contributed by atoms with Gasteiger partial charge in [-0.15, -0.1) is 0 Å². The third-order valence-electron chi connectivity index (χ3n) is 5.30. The van der Waals surface area contributed by atoms with Crippen LogP contribution in [0.25, 0.3) is 0 Å². The van der Waals surface area contributed by atoms with Gasteiger partial charge < -0.3 is 16.0 Å². The number of hydrogen-bond acceptors (Lipinski definition) is 2. The molecule has 0 aromatic heterocycles. The highest BCUT2D eigenvalue weighted by atomic mass is 79.9. The van der Waals surface area contributed by atoms with Gasteiger partial charge in [0.15, 0.2) is 5.96 Å². The highest BCUT2D eigenvalue weighted by Gasteiger charge is 2.38. The normalized spacial score (nSPS) is 18.8. The number of nitrogens with zero attached hydrogens (tertiary/aromatic N) is 1. The Kier molecular flexibility index (Phi) is 6.57. The molecule has 3 rings (SSSR count). The highest BCUT2D eigenvalue weighted by Crippen LogP contribution is 2.44. The van der Waals surface area contributed by atoms with Crippen LogP contribution < -0.4 is 16.0 Å². The topological polar surface area (TPSA) is 65.5 Å². The molecule has 26 heavy (non-hydrogen) atoms. The van der Waals surface area contributed by atoms with Gasteiger partial charge in [-0.2, -0.15) is 0 Å². The summed E-state index contributed by atoms with van der Waals surface area (Å²) in [5, 5.41) is 9.62. The minimum atomic E-state index is 0.159. The molecule has 6 heteroatoms. The van der Waals surface area contributed by atoms with E-state index in [1.165, 1.54) is 24.8 Å². The number of carbonyl (C=O) groups excluding carboxylic acids is 1. The highest BCUT2D eigenvalue weighted by molar-refractivity contribution is 9.10. The number of carbonyl (C=O) groups is 1. The van der Waals surface area contributed by atoms with E-state index in [1.807, 2.05) is 0 Å². The van der Waals surface area contributed by atoms with Gasteiger partial charge in [-0.05, 0) is 50.3 Å². The first-order valence-corrected chi connectivity index (χ1v) is 10.5. The Labute approximate surface area is 164 Å². The van der Waals surface area contributed by atoms with E-state index in [0.717, 1.165) is 36.4 Å². The molecule has 142 valence electrons. The summed E-state index contributed by atoms with van der Waals surface area (Å²) in [6.45, 7) is 5.00. The third kappa shape index (κ3) is 5.00. The molecule has 0 heterocycles. The number of amides is 1. The molecule has 0 radical (unpaired) electrons. The lowest BCUT2D eigenvalue weighted by Gasteiger charge is -2.41. The second-order valence-electron chi connectivity index (χ2n) is 7.33. The molecule has 2 saturated carbocycles. The Balaban J connectivity index is 1.54. The summed E-state index contributed by atoms with van der Waals surface area (Å²) >= 11 is 3.59. The fraction of sp³-hybridized carbons (Fsp3) is 0.600. The smallest absolute Gasteiger partial charge is 0.223 e. The van der Waals surface area contributed by atoms with Crippen LogP contribution in [0.3, 0.4) is 0 Å². The Morgan fingerprint density at radius 2 is 2.00 bits per heavy atom. The molecular formula is C20H29BrN4O. The van der Waals surface area contributed by atoms with Gasteiger partial charge in [0, 0.05) is 35.4 Å². The molecule has 1 aromatic carbocycles. The van der Waals surface area contributed by atoms with Crippen molar-refractivity contribution in [1.29, 1.82) is 0 Å². The number of aliphatic imine (C=N–C) groups is 1. The zero-order valence-corrected chi connectivity index (χ0v) is 17.1. The monoisotopic (exact) mass is 420 g/mol. The van der Waals surface area contributed by atoms with Gasteiger partial charge in [-0.3, -0.25) is 9.79 Å². The fourth-order valence-electron chi connectivity index (χ4n) is 3.39. The maximum Gasteiger partial charge on any atom is 0.223 e. The van der Waals surface area contributed by atoms with Crippen molar-refractivity contribution >= 4 is 27.8 Å². The first-order chi connectivity index (χ1) is 12.6. The lowest BCUT2D eigenvalue weighted by Crippen LogP contribution is -2.44. The second-order valence-corrected chi connectivity index (χ2v) is 8.25. The van der Waals surface area contributed by atoms with Crippen molar-refractivity contribution in [2.75, 3.05) is 26.2 Å².